The predicted octanol–water partition coefficient (Wildman–Crippen LogP) is 1.01. The van der Waals surface area contributed by atoms with Crippen LogP contribution in [0.3, 0.4) is 0 Å². The van der Waals surface area contributed by atoms with Crippen LogP contribution in [-0.4, -0.2) is 22.6 Å². The molecular weight excluding hydrogens is 204 g/mol. The highest BCUT2D eigenvalue weighted by atomic mass is 16.5. The highest BCUT2D eigenvalue weighted by molar-refractivity contribution is 5.81. The summed E-state index contributed by atoms with van der Waals surface area (Å²) in [6.07, 6.45) is 1.65. The Balaban J connectivity index is 2.19. The number of anilines is 1. The van der Waals surface area contributed by atoms with Crippen molar-refractivity contribution in [2.24, 2.45) is 5.73 Å². The van der Waals surface area contributed by atoms with Gasteiger partial charge in [-0.15, -0.1) is 0 Å². The minimum atomic E-state index is 0.0401. The number of fused-ring (bicyclic) bond motifs is 1. The Morgan fingerprint density at radius 3 is 3.06 bits per heavy atom. The van der Waals surface area contributed by atoms with Gasteiger partial charge >= 0.3 is 0 Å². The van der Waals surface area contributed by atoms with E-state index in [1.54, 1.807) is 6.33 Å². The van der Waals surface area contributed by atoms with E-state index >= 15 is 0 Å². The minimum Gasteiger partial charge on any atom is -0.399 e. The lowest BCUT2D eigenvalue weighted by atomic mass is 10.1. The zero-order chi connectivity index (χ0) is 11.5. The maximum absolute atomic E-state index is 5.78. The van der Waals surface area contributed by atoms with E-state index in [1.807, 2.05) is 19.1 Å². The normalized spacial score (nSPS) is 13.1. The Kier molecular flexibility index (Phi) is 3.07. The van der Waals surface area contributed by atoms with Crippen LogP contribution in [0.5, 0.6) is 0 Å². The molecule has 0 aliphatic heterocycles. The molecule has 0 amide bonds. The molecular formula is C11H16N4O. The summed E-state index contributed by atoms with van der Waals surface area (Å²) in [7, 11) is 0. The first-order chi connectivity index (χ1) is 7.66. The molecule has 0 bridgehead atoms. The molecule has 1 aromatic heterocycles. The van der Waals surface area contributed by atoms with Crippen LogP contribution in [0.25, 0.3) is 11.0 Å². The number of nitrogens with one attached hydrogen (secondary N) is 1. The number of aromatic amines is 1. The van der Waals surface area contributed by atoms with E-state index in [1.165, 1.54) is 0 Å². The molecule has 1 heterocycles. The highest BCUT2D eigenvalue weighted by Crippen LogP contribution is 2.19. The van der Waals surface area contributed by atoms with Crippen molar-refractivity contribution in [3.63, 3.8) is 0 Å². The number of hydrogen-bond acceptors (Lipinski definition) is 4. The molecule has 5 heteroatoms. The average Bonchev–Trinajstić information content (AvgIpc) is 2.64. The monoisotopic (exact) mass is 220 g/mol. The van der Waals surface area contributed by atoms with Gasteiger partial charge in [0.2, 0.25) is 0 Å². The van der Waals surface area contributed by atoms with Gasteiger partial charge in [0.25, 0.3) is 0 Å². The van der Waals surface area contributed by atoms with Crippen LogP contribution in [0.1, 0.15) is 12.5 Å². The fourth-order valence-electron chi connectivity index (χ4n) is 1.61. The molecule has 5 N–H and O–H groups in total. The second-order valence-corrected chi connectivity index (χ2v) is 3.97. The predicted molar refractivity (Wildman–Crippen MR) is 63.8 cm³/mol. The van der Waals surface area contributed by atoms with Gasteiger partial charge in [0.1, 0.15) is 0 Å². The van der Waals surface area contributed by atoms with Gasteiger partial charge in [-0.1, -0.05) is 0 Å². The number of imidazole rings is 1. The molecule has 16 heavy (non-hydrogen) atoms. The molecule has 0 fully saturated rings. The number of benzene rings is 1. The summed E-state index contributed by atoms with van der Waals surface area (Å²) in [5.74, 6) is 0. The van der Waals surface area contributed by atoms with Gasteiger partial charge in [-0.05, 0) is 19.1 Å². The Hall–Kier alpha value is -1.59. The Morgan fingerprint density at radius 2 is 2.31 bits per heavy atom. The zero-order valence-corrected chi connectivity index (χ0v) is 9.23. The van der Waals surface area contributed by atoms with Crippen LogP contribution in [0.2, 0.25) is 0 Å². The van der Waals surface area contributed by atoms with E-state index in [2.05, 4.69) is 9.97 Å². The van der Waals surface area contributed by atoms with Crippen LogP contribution in [0, 0.1) is 0 Å². The molecule has 0 aliphatic carbocycles. The van der Waals surface area contributed by atoms with Gasteiger partial charge in [-0.2, -0.15) is 0 Å². The number of nitrogens with two attached hydrogens (primary N) is 2. The second-order valence-electron chi connectivity index (χ2n) is 3.97. The maximum Gasteiger partial charge on any atom is 0.0931 e. The molecule has 0 saturated carbocycles. The highest BCUT2D eigenvalue weighted by Gasteiger charge is 2.05. The Labute approximate surface area is 93.8 Å². The maximum atomic E-state index is 5.78. The minimum absolute atomic E-state index is 0.0401. The van der Waals surface area contributed by atoms with Crippen molar-refractivity contribution in [3.8, 4) is 0 Å². The van der Waals surface area contributed by atoms with E-state index < -0.39 is 0 Å². The Bertz CT molecular complexity index is 478. The molecule has 0 unspecified atom stereocenters. The van der Waals surface area contributed by atoms with Gasteiger partial charge in [0, 0.05) is 17.3 Å². The molecule has 1 aromatic carbocycles. The quantitative estimate of drug-likeness (QED) is 0.671. The lowest BCUT2D eigenvalue weighted by Gasteiger charge is -2.08. The van der Waals surface area contributed by atoms with Crippen LogP contribution in [0.15, 0.2) is 18.5 Å². The van der Waals surface area contributed by atoms with Gasteiger partial charge in [-0.3, -0.25) is 0 Å². The number of nitrogen functional groups attached to an aromatic ring is 1. The van der Waals surface area contributed by atoms with Crippen molar-refractivity contribution in [3.05, 3.63) is 24.0 Å². The lowest BCUT2D eigenvalue weighted by Crippen LogP contribution is -2.21. The SMILES string of the molecule is C[C@@H](N)COCc1cc(N)cc2nc[nH]c12. The largest absolute Gasteiger partial charge is 0.399 e. The third-order valence-corrected chi connectivity index (χ3v) is 2.27. The summed E-state index contributed by atoms with van der Waals surface area (Å²) < 4.78 is 5.49. The zero-order valence-electron chi connectivity index (χ0n) is 9.23. The number of H-pyrrole nitrogens is 1. The molecule has 0 saturated heterocycles. The van der Waals surface area contributed by atoms with Gasteiger partial charge < -0.3 is 21.2 Å². The molecule has 0 aliphatic rings. The molecule has 5 nitrogen and oxygen atoms in total. The molecule has 86 valence electrons. The standard InChI is InChI=1S/C11H16N4O/c1-7(12)4-16-5-8-2-9(13)3-10-11(8)15-6-14-10/h2-3,6-7H,4-5,12-13H2,1H3,(H,14,15)/t7-/m1/s1. The smallest absolute Gasteiger partial charge is 0.0931 e. The van der Waals surface area contributed by atoms with Gasteiger partial charge in [0.15, 0.2) is 0 Å². The molecule has 0 radical (unpaired) electrons. The number of aromatic nitrogens is 2. The summed E-state index contributed by atoms with van der Waals surface area (Å²) in [4.78, 5) is 7.24. The van der Waals surface area contributed by atoms with Crippen molar-refractivity contribution < 1.29 is 4.74 Å². The number of ether oxygens (including phenoxy) is 1. The van der Waals surface area contributed by atoms with Crippen molar-refractivity contribution in [1.82, 2.24) is 9.97 Å². The van der Waals surface area contributed by atoms with Crippen molar-refractivity contribution in [2.45, 2.75) is 19.6 Å². The number of hydrogen-bond donors (Lipinski definition) is 3. The fraction of sp³-hybridized carbons (Fsp3) is 0.364. The van der Waals surface area contributed by atoms with E-state index in [0.717, 1.165) is 16.6 Å². The number of nitrogens with zero attached hydrogens (tertiary/aromatic N) is 1. The third kappa shape index (κ3) is 2.32. The fourth-order valence-corrected chi connectivity index (χ4v) is 1.61. The molecule has 2 aromatic rings. The summed E-state index contributed by atoms with van der Waals surface area (Å²) in [5, 5.41) is 0. The number of rotatable bonds is 4. The molecule has 2 rings (SSSR count). The van der Waals surface area contributed by atoms with Crippen LogP contribution >= 0.6 is 0 Å². The second kappa shape index (κ2) is 4.51. The van der Waals surface area contributed by atoms with E-state index in [-0.39, 0.29) is 6.04 Å². The average molecular weight is 220 g/mol. The van der Waals surface area contributed by atoms with Crippen LogP contribution in [-0.2, 0) is 11.3 Å². The van der Waals surface area contributed by atoms with E-state index in [9.17, 15) is 0 Å². The third-order valence-electron chi connectivity index (χ3n) is 2.27. The summed E-state index contributed by atoms with van der Waals surface area (Å²) in [6.45, 7) is 2.93. The molecule has 1 atom stereocenters. The van der Waals surface area contributed by atoms with Crippen LogP contribution in [0.4, 0.5) is 5.69 Å². The topological polar surface area (TPSA) is 89.9 Å². The first-order valence-electron chi connectivity index (χ1n) is 5.21. The summed E-state index contributed by atoms with van der Waals surface area (Å²) >= 11 is 0. The van der Waals surface area contributed by atoms with Crippen LogP contribution < -0.4 is 11.5 Å². The molecule has 0 spiro atoms. The van der Waals surface area contributed by atoms with E-state index in [4.69, 9.17) is 16.2 Å². The summed E-state index contributed by atoms with van der Waals surface area (Å²) in [6, 6.07) is 3.76. The van der Waals surface area contributed by atoms with Crippen molar-refractivity contribution in [2.75, 3.05) is 12.3 Å². The van der Waals surface area contributed by atoms with Gasteiger partial charge in [-0.25, -0.2) is 4.98 Å². The first-order valence-corrected chi connectivity index (χ1v) is 5.21. The van der Waals surface area contributed by atoms with Gasteiger partial charge in [0.05, 0.1) is 30.6 Å². The first kappa shape index (κ1) is 10.9. The lowest BCUT2D eigenvalue weighted by molar-refractivity contribution is 0.112. The van der Waals surface area contributed by atoms with E-state index in [0.29, 0.717) is 18.9 Å². The Morgan fingerprint density at radius 1 is 1.50 bits per heavy atom. The van der Waals surface area contributed by atoms with Crippen molar-refractivity contribution in [1.29, 1.82) is 0 Å². The summed E-state index contributed by atoms with van der Waals surface area (Å²) in [5.41, 5.74) is 14.9. The van der Waals surface area contributed by atoms with Crippen molar-refractivity contribution >= 4 is 16.7 Å².